The summed E-state index contributed by atoms with van der Waals surface area (Å²) in [6.07, 6.45) is 0. The quantitative estimate of drug-likeness (QED) is 0.927. The van der Waals surface area contributed by atoms with E-state index in [4.69, 9.17) is 0 Å². The maximum atomic E-state index is 12.2. The molecule has 0 atom stereocenters. The molecule has 5 heteroatoms. The average molecular weight is 313 g/mol. The van der Waals surface area contributed by atoms with E-state index in [0.29, 0.717) is 4.47 Å². The van der Waals surface area contributed by atoms with Crippen LogP contribution in [0.15, 0.2) is 62.8 Å². The molecule has 17 heavy (non-hydrogen) atoms. The van der Waals surface area contributed by atoms with Gasteiger partial charge in [0.05, 0.1) is 4.90 Å². The molecule has 0 aliphatic rings. The summed E-state index contributed by atoms with van der Waals surface area (Å²) in [5.74, 6) is -0.253. The van der Waals surface area contributed by atoms with E-state index in [-0.39, 0.29) is 15.5 Å². The largest absolute Gasteiger partial charge is 0.507 e. The van der Waals surface area contributed by atoms with Gasteiger partial charge in [-0.1, -0.05) is 34.1 Å². The van der Waals surface area contributed by atoms with Gasteiger partial charge in [0.25, 0.3) is 0 Å². The van der Waals surface area contributed by atoms with E-state index in [2.05, 4.69) is 15.9 Å². The summed E-state index contributed by atoms with van der Waals surface area (Å²) in [4.78, 5) is 0.0616. The lowest BCUT2D eigenvalue weighted by Gasteiger charge is -2.06. The van der Waals surface area contributed by atoms with Gasteiger partial charge >= 0.3 is 0 Å². The van der Waals surface area contributed by atoms with E-state index >= 15 is 0 Å². The van der Waals surface area contributed by atoms with Gasteiger partial charge in [0.2, 0.25) is 9.84 Å². The highest BCUT2D eigenvalue weighted by atomic mass is 79.9. The summed E-state index contributed by atoms with van der Waals surface area (Å²) in [5.41, 5.74) is 0. The Labute approximate surface area is 108 Å². The minimum atomic E-state index is -3.67. The van der Waals surface area contributed by atoms with Crippen molar-refractivity contribution in [2.45, 2.75) is 9.79 Å². The summed E-state index contributed by atoms with van der Waals surface area (Å²) in [6.45, 7) is 0. The zero-order chi connectivity index (χ0) is 12.5. The van der Waals surface area contributed by atoms with Crippen LogP contribution in [-0.4, -0.2) is 13.5 Å². The van der Waals surface area contributed by atoms with Crippen LogP contribution in [0.2, 0.25) is 0 Å². The van der Waals surface area contributed by atoms with Crippen molar-refractivity contribution in [2.75, 3.05) is 0 Å². The van der Waals surface area contributed by atoms with Crippen molar-refractivity contribution in [2.24, 2.45) is 0 Å². The number of halogens is 1. The monoisotopic (exact) mass is 312 g/mol. The molecule has 0 bridgehead atoms. The minimum absolute atomic E-state index is 0.0990. The summed E-state index contributed by atoms with van der Waals surface area (Å²) in [6, 6.07) is 12.3. The fraction of sp³-hybridized carbons (Fsp3) is 0. The molecular formula is C12H9BrO3S. The lowest BCUT2D eigenvalue weighted by Crippen LogP contribution is -2.02. The molecule has 0 saturated heterocycles. The predicted molar refractivity (Wildman–Crippen MR) is 67.7 cm³/mol. The highest BCUT2D eigenvalue weighted by Crippen LogP contribution is 2.30. The van der Waals surface area contributed by atoms with E-state index in [9.17, 15) is 13.5 Å². The van der Waals surface area contributed by atoms with Gasteiger partial charge in [-0.05, 0) is 30.3 Å². The van der Waals surface area contributed by atoms with Crippen LogP contribution in [0.4, 0.5) is 0 Å². The fourth-order valence-electron chi connectivity index (χ4n) is 1.43. The molecule has 0 spiro atoms. The molecule has 0 radical (unpaired) electrons. The molecule has 88 valence electrons. The van der Waals surface area contributed by atoms with Crippen molar-refractivity contribution in [1.29, 1.82) is 0 Å². The number of hydrogen-bond acceptors (Lipinski definition) is 3. The zero-order valence-electron chi connectivity index (χ0n) is 8.67. The molecule has 0 aliphatic heterocycles. The van der Waals surface area contributed by atoms with Crippen molar-refractivity contribution in [3.05, 3.63) is 53.0 Å². The number of sulfone groups is 1. The Hall–Kier alpha value is -1.33. The highest BCUT2D eigenvalue weighted by Gasteiger charge is 2.21. The molecule has 0 unspecified atom stereocenters. The first kappa shape index (κ1) is 12.1. The van der Waals surface area contributed by atoms with E-state index in [1.165, 1.54) is 24.3 Å². The number of benzene rings is 2. The van der Waals surface area contributed by atoms with Gasteiger partial charge in [0.15, 0.2) is 0 Å². The van der Waals surface area contributed by atoms with E-state index < -0.39 is 9.84 Å². The van der Waals surface area contributed by atoms with Gasteiger partial charge in [-0.2, -0.15) is 0 Å². The normalized spacial score (nSPS) is 11.4. The zero-order valence-corrected chi connectivity index (χ0v) is 11.1. The third-order valence-corrected chi connectivity index (χ3v) is 4.56. The van der Waals surface area contributed by atoms with Crippen molar-refractivity contribution >= 4 is 25.8 Å². The van der Waals surface area contributed by atoms with Gasteiger partial charge in [-0.25, -0.2) is 8.42 Å². The molecule has 2 aromatic rings. The summed E-state index contributed by atoms with van der Waals surface area (Å²) < 4.78 is 25.1. The molecule has 1 N–H and O–H groups in total. The summed E-state index contributed by atoms with van der Waals surface area (Å²) in [7, 11) is -3.67. The average Bonchev–Trinajstić information content (AvgIpc) is 2.33. The first-order valence-electron chi connectivity index (χ1n) is 4.80. The number of rotatable bonds is 2. The van der Waals surface area contributed by atoms with E-state index in [1.54, 1.807) is 24.3 Å². The Kier molecular flexibility index (Phi) is 3.22. The Balaban J connectivity index is 2.64. The summed E-state index contributed by atoms with van der Waals surface area (Å²) in [5, 5.41) is 9.63. The predicted octanol–water partition coefficient (Wildman–Crippen LogP) is 2.99. The SMILES string of the molecule is O=S(=O)(c1ccccc1)c1cc(Br)ccc1O. The topological polar surface area (TPSA) is 54.4 Å². The standard InChI is InChI=1S/C12H9BrO3S/c13-9-6-7-11(14)12(8-9)17(15,16)10-4-2-1-3-5-10/h1-8,14H. The molecule has 0 aromatic heterocycles. The van der Waals surface area contributed by atoms with Crippen LogP contribution >= 0.6 is 15.9 Å². The Morgan fingerprint density at radius 1 is 1.00 bits per heavy atom. The maximum Gasteiger partial charge on any atom is 0.210 e. The highest BCUT2D eigenvalue weighted by molar-refractivity contribution is 9.10. The molecule has 0 heterocycles. The van der Waals surface area contributed by atoms with Crippen molar-refractivity contribution in [1.82, 2.24) is 0 Å². The lowest BCUT2D eigenvalue weighted by atomic mass is 10.3. The Morgan fingerprint density at radius 3 is 2.29 bits per heavy atom. The maximum absolute atomic E-state index is 12.2. The first-order chi connectivity index (χ1) is 8.01. The van der Waals surface area contributed by atoms with Crippen LogP contribution in [0, 0.1) is 0 Å². The van der Waals surface area contributed by atoms with Crippen molar-refractivity contribution in [3.63, 3.8) is 0 Å². The lowest BCUT2D eigenvalue weighted by molar-refractivity contribution is 0.458. The van der Waals surface area contributed by atoms with Crippen LogP contribution in [0.3, 0.4) is 0 Å². The fourth-order valence-corrected chi connectivity index (χ4v) is 3.34. The second-order valence-electron chi connectivity index (χ2n) is 3.43. The third-order valence-electron chi connectivity index (χ3n) is 2.26. The molecule has 3 nitrogen and oxygen atoms in total. The molecule has 0 aliphatic carbocycles. The van der Waals surface area contributed by atoms with E-state index in [0.717, 1.165) is 0 Å². The number of phenolic OH excluding ortho intramolecular Hbond substituents is 1. The Bertz CT molecular complexity index is 636. The number of hydrogen-bond donors (Lipinski definition) is 1. The molecule has 0 saturated carbocycles. The second-order valence-corrected chi connectivity index (χ2v) is 6.26. The van der Waals surface area contributed by atoms with Crippen LogP contribution in [-0.2, 0) is 9.84 Å². The van der Waals surface area contributed by atoms with Crippen LogP contribution in [0.5, 0.6) is 5.75 Å². The van der Waals surface area contributed by atoms with Gasteiger partial charge < -0.3 is 5.11 Å². The molecule has 0 amide bonds. The third kappa shape index (κ3) is 2.35. The van der Waals surface area contributed by atoms with Crippen molar-refractivity contribution in [3.8, 4) is 5.75 Å². The van der Waals surface area contributed by atoms with Gasteiger partial charge in [-0.15, -0.1) is 0 Å². The van der Waals surface area contributed by atoms with Crippen LogP contribution in [0.1, 0.15) is 0 Å². The summed E-state index contributed by atoms with van der Waals surface area (Å²) >= 11 is 3.19. The Morgan fingerprint density at radius 2 is 1.65 bits per heavy atom. The van der Waals surface area contributed by atoms with Gasteiger partial charge in [0, 0.05) is 4.47 Å². The number of aromatic hydroxyl groups is 1. The minimum Gasteiger partial charge on any atom is -0.507 e. The molecule has 0 fully saturated rings. The first-order valence-corrected chi connectivity index (χ1v) is 7.08. The smallest absolute Gasteiger partial charge is 0.210 e. The van der Waals surface area contributed by atoms with Gasteiger partial charge in [0.1, 0.15) is 10.6 Å². The number of phenols is 1. The van der Waals surface area contributed by atoms with E-state index in [1.807, 2.05) is 0 Å². The van der Waals surface area contributed by atoms with Crippen LogP contribution < -0.4 is 0 Å². The van der Waals surface area contributed by atoms with Crippen molar-refractivity contribution < 1.29 is 13.5 Å². The van der Waals surface area contributed by atoms with Gasteiger partial charge in [-0.3, -0.25) is 0 Å². The molecular weight excluding hydrogens is 304 g/mol. The molecule has 2 aromatic carbocycles. The van der Waals surface area contributed by atoms with Crippen LogP contribution in [0.25, 0.3) is 0 Å². The second kappa shape index (κ2) is 4.50. The molecule has 2 rings (SSSR count).